The van der Waals surface area contributed by atoms with E-state index in [1.807, 2.05) is 12.1 Å². The number of unbranched alkanes of at least 4 members (excludes halogenated alkanes) is 6. The molecule has 28 heavy (non-hydrogen) atoms. The summed E-state index contributed by atoms with van der Waals surface area (Å²) in [6, 6.07) is 12.4. The quantitative estimate of drug-likeness (QED) is 0.460. The minimum Gasteiger partial charge on any atom is -0.380 e. The normalized spacial score (nSPS) is 15.4. The molecule has 0 bridgehead atoms. The Hall–Kier alpha value is -1.93. The second kappa shape index (κ2) is 10.0. The molecule has 0 saturated heterocycles. The van der Waals surface area contributed by atoms with Gasteiger partial charge in [0.2, 0.25) is 0 Å². The molecular weight excluding hydrogens is 344 g/mol. The van der Waals surface area contributed by atoms with Gasteiger partial charge in [-0.2, -0.15) is 0 Å². The molecule has 1 aliphatic rings. The maximum absolute atomic E-state index is 12.7. The largest absolute Gasteiger partial charge is 0.380 e. The molecular formula is C26H34O2. The Bertz CT molecular complexity index is 806. The average Bonchev–Trinajstić information content (AvgIpc) is 2.72. The van der Waals surface area contributed by atoms with Crippen molar-refractivity contribution in [3.63, 3.8) is 0 Å². The molecule has 0 heterocycles. The lowest BCUT2D eigenvalue weighted by Crippen LogP contribution is -2.19. The van der Waals surface area contributed by atoms with Crippen LogP contribution in [0.1, 0.15) is 98.4 Å². The number of ketones is 1. The van der Waals surface area contributed by atoms with Crippen LogP contribution >= 0.6 is 0 Å². The van der Waals surface area contributed by atoms with Crippen molar-refractivity contribution < 1.29 is 9.90 Å². The maximum Gasteiger partial charge on any atom is 0.196 e. The zero-order valence-electron chi connectivity index (χ0n) is 17.5. The van der Waals surface area contributed by atoms with Gasteiger partial charge in [-0.1, -0.05) is 88.8 Å². The van der Waals surface area contributed by atoms with Gasteiger partial charge in [-0.25, -0.2) is 0 Å². The summed E-state index contributed by atoms with van der Waals surface area (Å²) in [4.78, 5) is 12.7. The van der Waals surface area contributed by atoms with Crippen LogP contribution in [0.15, 0.2) is 36.4 Å². The topological polar surface area (TPSA) is 37.3 Å². The van der Waals surface area contributed by atoms with Crippen molar-refractivity contribution >= 4 is 5.78 Å². The highest BCUT2D eigenvalue weighted by Crippen LogP contribution is 2.39. The molecule has 3 rings (SSSR count). The molecule has 2 nitrogen and oxygen atoms in total. The summed E-state index contributed by atoms with van der Waals surface area (Å²) in [6.07, 6.45) is 11.0. The van der Waals surface area contributed by atoms with Crippen LogP contribution in [0.25, 0.3) is 11.1 Å². The zero-order chi connectivity index (χ0) is 19.9. The third kappa shape index (κ3) is 4.72. The Kier molecular flexibility index (Phi) is 7.44. The Labute approximate surface area is 170 Å². The number of benzene rings is 2. The highest BCUT2D eigenvalue weighted by atomic mass is 16.3. The summed E-state index contributed by atoms with van der Waals surface area (Å²) >= 11 is 0. The molecule has 1 unspecified atom stereocenters. The smallest absolute Gasteiger partial charge is 0.196 e. The fourth-order valence-corrected chi connectivity index (χ4v) is 4.22. The Morgan fingerprint density at radius 1 is 0.714 bits per heavy atom. The summed E-state index contributed by atoms with van der Waals surface area (Å²) in [5.74, 6) is -0.171. The van der Waals surface area contributed by atoms with Gasteiger partial charge in [0.1, 0.15) is 6.10 Å². The fraction of sp³-hybridized carbons (Fsp3) is 0.500. The van der Waals surface area contributed by atoms with Crippen molar-refractivity contribution in [1.29, 1.82) is 0 Å². The summed E-state index contributed by atoms with van der Waals surface area (Å²) < 4.78 is 0. The molecule has 0 saturated carbocycles. The van der Waals surface area contributed by atoms with E-state index in [1.54, 1.807) is 0 Å². The lowest BCUT2D eigenvalue weighted by molar-refractivity contribution is 0.0744. The fourth-order valence-electron chi connectivity index (χ4n) is 4.22. The minimum atomic E-state index is -1.04. The minimum absolute atomic E-state index is 0.171. The number of carbonyl (C=O) groups is 1. The average molecular weight is 379 g/mol. The SMILES string of the molecule is CCCCCCc1ccc2c(c1)-c1cc(CCCCCC)ccc1C(O)C2=O. The van der Waals surface area contributed by atoms with Crippen molar-refractivity contribution in [3.8, 4) is 11.1 Å². The molecule has 2 heteroatoms. The number of aryl methyl sites for hydroxylation is 2. The lowest BCUT2D eigenvalue weighted by Gasteiger charge is -2.24. The Balaban J connectivity index is 1.86. The van der Waals surface area contributed by atoms with Gasteiger partial charge in [-0.05, 0) is 53.5 Å². The van der Waals surface area contributed by atoms with Crippen molar-refractivity contribution in [2.75, 3.05) is 0 Å². The van der Waals surface area contributed by atoms with Crippen molar-refractivity contribution in [1.82, 2.24) is 0 Å². The summed E-state index contributed by atoms with van der Waals surface area (Å²) in [5, 5.41) is 10.5. The van der Waals surface area contributed by atoms with E-state index in [0.717, 1.165) is 29.5 Å². The molecule has 1 atom stereocenters. The molecule has 2 aromatic rings. The van der Waals surface area contributed by atoms with Crippen LogP contribution in [0.4, 0.5) is 0 Å². The van der Waals surface area contributed by atoms with E-state index in [4.69, 9.17) is 0 Å². The predicted octanol–water partition coefficient (Wildman–Crippen LogP) is 6.83. The standard InChI is InChI=1S/C26H34O2/c1-3-5-7-9-11-19-13-15-21-23(17-19)24-18-20(12-10-8-6-4-2)14-16-22(24)26(28)25(21)27/h13-18,25,27H,3-12H2,1-2H3. The van der Waals surface area contributed by atoms with E-state index in [2.05, 4.69) is 38.1 Å². The predicted molar refractivity (Wildman–Crippen MR) is 117 cm³/mol. The highest BCUT2D eigenvalue weighted by molar-refractivity contribution is 6.09. The van der Waals surface area contributed by atoms with Crippen LogP contribution < -0.4 is 0 Å². The van der Waals surface area contributed by atoms with Crippen LogP contribution in [-0.4, -0.2) is 10.9 Å². The van der Waals surface area contributed by atoms with E-state index in [9.17, 15) is 9.90 Å². The number of aliphatic hydroxyl groups is 1. The molecule has 0 fully saturated rings. The van der Waals surface area contributed by atoms with Gasteiger partial charge < -0.3 is 5.11 Å². The van der Waals surface area contributed by atoms with Gasteiger partial charge in [0.25, 0.3) is 0 Å². The van der Waals surface area contributed by atoms with E-state index in [-0.39, 0.29) is 5.78 Å². The molecule has 0 aromatic heterocycles. The monoisotopic (exact) mass is 378 g/mol. The first kappa shape index (κ1) is 20.8. The Morgan fingerprint density at radius 3 is 1.89 bits per heavy atom. The lowest BCUT2D eigenvalue weighted by atomic mass is 9.81. The molecule has 2 aromatic carbocycles. The summed E-state index contributed by atoms with van der Waals surface area (Å²) in [5.41, 5.74) is 6.08. The second-order valence-corrected chi connectivity index (χ2v) is 8.19. The van der Waals surface area contributed by atoms with Gasteiger partial charge in [0.05, 0.1) is 0 Å². The summed E-state index contributed by atoms with van der Waals surface area (Å²) in [6.45, 7) is 4.46. The third-order valence-corrected chi connectivity index (χ3v) is 5.94. The first-order chi connectivity index (χ1) is 13.7. The van der Waals surface area contributed by atoms with E-state index >= 15 is 0 Å². The van der Waals surface area contributed by atoms with Crippen molar-refractivity contribution in [2.45, 2.75) is 84.2 Å². The maximum atomic E-state index is 12.7. The van der Waals surface area contributed by atoms with E-state index in [1.165, 1.54) is 62.5 Å². The van der Waals surface area contributed by atoms with Gasteiger partial charge in [0, 0.05) is 5.56 Å². The van der Waals surface area contributed by atoms with Crippen molar-refractivity contribution in [2.24, 2.45) is 0 Å². The Morgan fingerprint density at radius 2 is 1.29 bits per heavy atom. The molecule has 0 radical (unpaired) electrons. The van der Waals surface area contributed by atoms with Crippen LogP contribution in [0.5, 0.6) is 0 Å². The molecule has 0 spiro atoms. The number of Topliss-reactive ketones (excluding diaryl/α,β-unsaturated/α-hetero) is 1. The molecule has 1 aliphatic carbocycles. The van der Waals surface area contributed by atoms with Crippen LogP contribution in [0.3, 0.4) is 0 Å². The molecule has 150 valence electrons. The second-order valence-electron chi connectivity index (χ2n) is 8.19. The van der Waals surface area contributed by atoms with Crippen molar-refractivity contribution in [3.05, 3.63) is 58.7 Å². The number of rotatable bonds is 10. The van der Waals surface area contributed by atoms with E-state index in [0.29, 0.717) is 5.56 Å². The third-order valence-electron chi connectivity index (χ3n) is 5.94. The molecule has 0 amide bonds. The number of fused-ring (bicyclic) bond motifs is 3. The zero-order valence-corrected chi connectivity index (χ0v) is 17.5. The van der Waals surface area contributed by atoms with Gasteiger partial charge in [-0.3, -0.25) is 4.79 Å². The number of aliphatic hydroxyl groups excluding tert-OH is 1. The van der Waals surface area contributed by atoms with Gasteiger partial charge in [0.15, 0.2) is 5.78 Å². The van der Waals surface area contributed by atoms with Crippen LogP contribution in [0.2, 0.25) is 0 Å². The van der Waals surface area contributed by atoms with Crippen LogP contribution in [-0.2, 0) is 12.8 Å². The first-order valence-corrected chi connectivity index (χ1v) is 11.1. The van der Waals surface area contributed by atoms with Gasteiger partial charge >= 0.3 is 0 Å². The van der Waals surface area contributed by atoms with Gasteiger partial charge in [-0.15, -0.1) is 0 Å². The number of hydrogen-bond donors (Lipinski definition) is 1. The number of hydrogen-bond acceptors (Lipinski definition) is 2. The first-order valence-electron chi connectivity index (χ1n) is 11.1. The summed E-state index contributed by atoms with van der Waals surface area (Å²) in [7, 11) is 0. The number of carbonyl (C=O) groups excluding carboxylic acids is 1. The molecule has 0 aliphatic heterocycles. The van der Waals surface area contributed by atoms with Crippen LogP contribution in [0, 0.1) is 0 Å². The molecule has 1 N–H and O–H groups in total. The highest BCUT2D eigenvalue weighted by Gasteiger charge is 2.30. The van der Waals surface area contributed by atoms with E-state index < -0.39 is 6.10 Å².